The number of nitrogens with zero attached hydrogens (tertiary/aromatic N) is 2. The molecule has 0 spiro atoms. The van der Waals surface area contributed by atoms with Gasteiger partial charge >= 0.3 is 0 Å². The van der Waals surface area contributed by atoms with Crippen molar-refractivity contribution >= 4 is 5.91 Å². The normalized spacial score (nSPS) is 10.9. The van der Waals surface area contributed by atoms with Crippen LogP contribution in [0.4, 0.5) is 0 Å². The maximum absolute atomic E-state index is 12.3. The third-order valence-corrected chi connectivity index (χ3v) is 3.00. The van der Waals surface area contributed by atoms with Crippen molar-refractivity contribution in [2.75, 3.05) is 0 Å². The average molecular weight is 246 g/mol. The van der Waals surface area contributed by atoms with E-state index in [2.05, 4.69) is 0 Å². The maximum Gasteiger partial charge on any atom is 0.290 e. The van der Waals surface area contributed by atoms with E-state index in [4.69, 9.17) is 4.42 Å². The van der Waals surface area contributed by atoms with Crippen LogP contribution >= 0.6 is 0 Å². The van der Waals surface area contributed by atoms with Crippen molar-refractivity contribution in [3.63, 3.8) is 0 Å². The SMILES string of the molecule is CC(C)N(Cc1cccn1C)C(=O)c1ccco1. The van der Waals surface area contributed by atoms with Gasteiger partial charge in [-0.3, -0.25) is 4.79 Å². The highest BCUT2D eigenvalue weighted by Crippen LogP contribution is 2.13. The first-order valence-electron chi connectivity index (χ1n) is 6.04. The summed E-state index contributed by atoms with van der Waals surface area (Å²) < 4.78 is 7.20. The fourth-order valence-electron chi connectivity index (χ4n) is 1.87. The van der Waals surface area contributed by atoms with Gasteiger partial charge in [0.2, 0.25) is 0 Å². The molecule has 2 aromatic heterocycles. The van der Waals surface area contributed by atoms with E-state index in [9.17, 15) is 4.79 Å². The molecule has 0 atom stereocenters. The highest BCUT2D eigenvalue weighted by Gasteiger charge is 2.21. The Morgan fingerprint density at radius 2 is 2.17 bits per heavy atom. The summed E-state index contributed by atoms with van der Waals surface area (Å²) in [4.78, 5) is 14.1. The summed E-state index contributed by atoms with van der Waals surface area (Å²) >= 11 is 0. The van der Waals surface area contributed by atoms with Gasteiger partial charge in [0.1, 0.15) is 0 Å². The lowest BCUT2D eigenvalue weighted by Gasteiger charge is -2.26. The summed E-state index contributed by atoms with van der Waals surface area (Å²) in [6.07, 6.45) is 3.50. The molecule has 0 aromatic carbocycles. The van der Waals surface area contributed by atoms with Crippen molar-refractivity contribution in [2.45, 2.75) is 26.4 Å². The van der Waals surface area contributed by atoms with Gasteiger partial charge in [0, 0.05) is 25.0 Å². The Balaban J connectivity index is 2.19. The van der Waals surface area contributed by atoms with Crippen LogP contribution in [0, 0.1) is 0 Å². The van der Waals surface area contributed by atoms with Gasteiger partial charge in [-0.05, 0) is 38.1 Å². The first-order valence-corrected chi connectivity index (χ1v) is 6.04. The van der Waals surface area contributed by atoms with E-state index in [-0.39, 0.29) is 11.9 Å². The molecule has 2 rings (SSSR count). The summed E-state index contributed by atoms with van der Waals surface area (Å²) in [5.41, 5.74) is 1.10. The van der Waals surface area contributed by atoms with Crippen LogP contribution in [-0.4, -0.2) is 21.4 Å². The smallest absolute Gasteiger partial charge is 0.290 e. The van der Waals surface area contributed by atoms with E-state index in [1.807, 2.05) is 43.8 Å². The summed E-state index contributed by atoms with van der Waals surface area (Å²) in [6, 6.07) is 7.55. The van der Waals surface area contributed by atoms with E-state index >= 15 is 0 Å². The molecule has 18 heavy (non-hydrogen) atoms. The fraction of sp³-hybridized carbons (Fsp3) is 0.357. The molecule has 2 aromatic rings. The number of amides is 1. The molecule has 0 saturated heterocycles. The lowest BCUT2D eigenvalue weighted by atomic mass is 10.2. The zero-order valence-electron chi connectivity index (χ0n) is 11.0. The minimum absolute atomic E-state index is 0.0730. The Bertz CT molecular complexity index is 512. The molecule has 0 radical (unpaired) electrons. The lowest BCUT2D eigenvalue weighted by molar-refractivity contribution is 0.0653. The standard InChI is InChI=1S/C14H18N2O2/c1-11(2)16(10-12-6-4-8-15(12)3)14(17)13-7-5-9-18-13/h4-9,11H,10H2,1-3H3. The second kappa shape index (κ2) is 5.12. The van der Waals surface area contributed by atoms with Crippen molar-refractivity contribution in [1.82, 2.24) is 9.47 Å². The van der Waals surface area contributed by atoms with Crippen LogP contribution in [0.2, 0.25) is 0 Å². The summed E-state index contributed by atoms with van der Waals surface area (Å²) in [5.74, 6) is 0.314. The van der Waals surface area contributed by atoms with E-state index in [1.54, 1.807) is 17.0 Å². The third kappa shape index (κ3) is 2.47. The summed E-state index contributed by atoms with van der Waals surface area (Å²) in [7, 11) is 1.98. The predicted octanol–water partition coefficient (Wildman–Crippen LogP) is 2.67. The molecule has 0 aliphatic carbocycles. The van der Waals surface area contributed by atoms with E-state index < -0.39 is 0 Å². The number of furan rings is 1. The van der Waals surface area contributed by atoms with Crippen LogP contribution in [0.25, 0.3) is 0 Å². The Kier molecular flexibility index (Phi) is 3.55. The van der Waals surface area contributed by atoms with Gasteiger partial charge in [0.25, 0.3) is 5.91 Å². The molecule has 1 amide bonds. The van der Waals surface area contributed by atoms with Crippen LogP contribution in [-0.2, 0) is 13.6 Å². The molecule has 0 aliphatic rings. The number of carbonyl (C=O) groups is 1. The molecule has 0 saturated carbocycles. The number of hydrogen-bond donors (Lipinski definition) is 0. The van der Waals surface area contributed by atoms with Gasteiger partial charge in [-0.15, -0.1) is 0 Å². The van der Waals surface area contributed by atoms with E-state index in [1.165, 1.54) is 6.26 Å². The highest BCUT2D eigenvalue weighted by atomic mass is 16.3. The quantitative estimate of drug-likeness (QED) is 0.831. The number of rotatable bonds is 4. The number of carbonyl (C=O) groups excluding carboxylic acids is 1. The van der Waals surface area contributed by atoms with Crippen molar-refractivity contribution < 1.29 is 9.21 Å². The second-order valence-corrected chi connectivity index (χ2v) is 4.61. The highest BCUT2D eigenvalue weighted by molar-refractivity contribution is 5.91. The first kappa shape index (κ1) is 12.5. The first-order chi connectivity index (χ1) is 8.59. The van der Waals surface area contributed by atoms with Gasteiger partial charge < -0.3 is 13.9 Å². The number of aromatic nitrogens is 1. The van der Waals surface area contributed by atoms with E-state index in [0.717, 1.165) is 5.69 Å². The van der Waals surface area contributed by atoms with Crippen molar-refractivity contribution in [3.8, 4) is 0 Å². The largest absolute Gasteiger partial charge is 0.459 e. The molecular formula is C14H18N2O2. The molecular weight excluding hydrogens is 228 g/mol. The summed E-state index contributed by atoms with van der Waals surface area (Å²) in [5, 5.41) is 0. The van der Waals surface area contributed by atoms with Crippen LogP contribution in [0.3, 0.4) is 0 Å². The zero-order valence-corrected chi connectivity index (χ0v) is 11.0. The second-order valence-electron chi connectivity index (χ2n) is 4.61. The Hall–Kier alpha value is -1.97. The van der Waals surface area contributed by atoms with E-state index in [0.29, 0.717) is 12.3 Å². The van der Waals surface area contributed by atoms with Crippen molar-refractivity contribution in [1.29, 1.82) is 0 Å². The van der Waals surface area contributed by atoms with Crippen LogP contribution < -0.4 is 0 Å². The third-order valence-electron chi connectivity index (χ3n) is 3.00. The van der Waals surface area contributed by atoms with Crippen molar-refractivity contribution in [2.24, 2.45) is 7.05 Å². The Morgan fingerprint density at radius 3 is 2.67 bits per heavy atom. The zero-order chi connectivity index (χ0) is 13.1. The molecule has 96 valence electrons. The lowest BCUT2D eigenvalue weighted by Crippen LogP contribution is -2.36. The topological polar surface area (TPSA) is 38.4 Å². The van der Waals surface area contributed by atoms with Gasteiger partial charge in [0.15, 0.2) is 5.76 Å². The molecule has 0 bridgehead atoms. The molecule has 4 heteroatoms. The summed E-state index contributed by atoms with van der Waals surface area (Å²) in [6.45, 7) is 4.59. The molecule has 0 unspecified atom stereocenters. The number of aryl methyl sites for hydroxylation is 1. The fourth-order valence-corrected chi connectivity index (χ4v) is 1.87. The Morgan fingerprint density at radius 1 is 1.39 bits per heavy atom. The number of hydrogen-bond acceptors (Lipinski definition) is 2. The Labute approximate surface area is 107 Å². The molecule has 2 heterocycles. The monoisotopic (exact) mass is 246 g/mol. The van der Waals surface area contributed by atoms with Crippen LogP contribution in [0.15, 0.2) is 41.1 Å². The van der Waals surface area contributed by atoms with Crippen LogP contribution in [0.1, 0.15) is 30.1 Å². The predicted molar refractivity (Wildman–Crippen MR) is 69.1 cm³/mol. The van der Waals surface area contributed by atoms with Crippen molar-refractivity contribution in [3.05, 3.63) is 48.2 Å². The van der Waals surface area contributed by atoms with Crippen LogP contribution in [0.5, 0.6) is 0 Å². The minimum atomic E-state index is -0.0730. The van der Waals surface area contributed by atoms with Gasteiger partial charge in [-0.1, -0.05) is 0 Å². The molecule has 0 aliphatic heterocycles. The maximum atomic E-state index is 12.3. The molecule has 4 nitrogen and oxygen atoms in total. The average Bonchev–Trinajstić information content (AvgIpc) is 2.96. The van der Waals surface area contributed by atoms with Gasteiger partial charge in [-0.25, -0.2) is 0 Å². The molecule has 0 N–H and O–H groups in total. The molecule has 0 fully saturated rings. The van der Waals surface area contributed by atoms with Gasteiger partial charge in [0.05, 0.1) is 12.8 Å². The van der Waals surface area contributed by atoms with Gasteiger partial charge in [-0.2, -0.15) is 0 Å². The minimum Gasteiger partial charge on any atom is -0.459 e.